The van der Waals surface area contributed by atoms with Crippen LogP contribution < -0.4 is 5.56 Å². The molecule has 22 heavy (non-hydrogen) atoms. The molecule has 3 aromatic rings. The van der Waals surface area contributed by atoms with Crippen LogP contribution in [-0.4, -0.2) is 15.2 Å². The number of hydrogen-bond donors (Lipinski definition) is 2. The monoisotopic (exact) mass is 290 g/mol. The van der Waals surface area contributed by atoms with Crippen LogP contribution in [0.3, 0.4) is 0 Å². The van der Waals surface area contributed by atoms with Crippen LogP contribution in [0.25, 0.3) is 11.4 Å². The van der Waals surface area contributed by atoms with Gasteiger partial charge < -0.3 is 0 Å². The van der Waals surface area contributed by atoms with Gasteiger partial charge in [-0.25, -0.2) is 0 Å². The number of benzene rings is 1. The summed E-state index contributed by atoms with van der Waals surface area (Å²) in [6, 6.07) is 14.1. The largest absolute Gasteiger partial charge is 0.294 e. The predicted molar refractivity (Wildman–Crippen MR) is 80.0 cm³/mol. The molecule has 0 aliphatic rings. The minimum absolute atomic E-state index is 0.117. The van der Waals surface area contributed by atoms with Gasteiger partial charge in [-0.15, -0.1) is 10.2 Å². The zero-order chi connectivity index (χ0) is 15.4. The molecule has 2 heterocycles. The molecule has 0 radical (unpaired) electrons. The predicted octanol–water partition coefficient (Wildman–Crippen LogP) is 3.05. The molecule has 0 spiro atoms. The lowest BCUT2D eigenvalue weighted by Gasteiger charge is -1.97. The van der Waals surface area contributed by atoms with Gasteiger partial charge in [-0.1, -0.05) is 18.2 Å². The Kier molecular flexibility index (Phi) is 3.58. The fourth-order valence-electron chi connectivity index (χ4n) is 1.90. The van der Waals surface area contributed by atoms with Crippen LogP contribution in [0.15, 0.2) is 63.7 Å². The minimum Gasteiger partial charge on any atom is -0.294 e. The molecule has 0 saturated carbocycles. The minimum atomic E-state index is -0.404. The summed E-state index contributed by atoms with van der Waals surface area (Å²) in [7, 11) is 0. The summed E-state index contributed by atoms with van der Waals surface area (Å²) in [6.07, 6.45) is 1.62. The zero-order valence-corrected chi connectivity index (χ0v) is 11.3. The second kappa shape index (κ2) is 5.85. The third-order valence-electron chi connectivity index (χ3n) is 2.96. The molecular weight excluding hydrogens is 280 g/mol. The molecule has 0 bridgehead atoms. The number of azo groups is 1. The van der Waals surface area contributed by atoms with Crippen LogP contribution in [0, 0.1) is 11.3 Å². The van der Waals surface area contributed by atoms with Crippen molar-refractivity contribution in [3.05, 3.63) is 64.6 Å². The molecule has 2 N–H and O–H groups in total. The van der Waals surface area contributed by atoms with Gasteiger partial charge in [0.25, 0.3) is 5.56 Å². The Labute approximate surface area is 125 Å². The van der Waals surface area contributed by atoms with Crippen molar-refractivity contribution >= 4 is 11.4 Å². The molecule has 0 atom stereocenters. The van der Waals surface area contributed by atoms with Gasteiger partial charge in [-0.3, -0.25) is 20.0 Å². The van der Waals surface area contributed by atoms with Crippen molar-refractivity contribution in [2.24, 2.45) is 10.2 Å². The number of aromatic nitrogens is 3. The molecule has 0 aliphatic carbocycles. The van der Waals surface area contributed by atoms with Gasteiger partial charge in [0.1, 0.15) is 17.5 Å². The number of H-pyrrole nitrogens is 2. The summed E-state index contributed by atoms with van der Waals surface area (Å²) in [6.45, 7) is 0. The van der Waals surface area contributed by atoms with Gasteiger partial charge in [0, 0.05) is 6.20 Å². The summed E-state index contributed by atoms with van der Waals surface area (Å²) in [5, 5.41) is 22.2. The molecule has 2 aromatic heterocycles. The first-order chi connectivity index (χ1) is 10.8. The van der Waals surface area contributed by atoms with Gasteiger partial charge in [0.05, 0.1) is 11.3 Å². The number of hydrogen-bond acceptors (Lipinski definition) is 5. The van der Waals surface area contributed by atoms with E-state index in [1.165, 1.54) is 0 Å². The van der Waals surface area contributed by atoms with Gasteiger partial charge >= 0.3 is 0 Å². The molecule has 7 nitrogen and oxygen atoms in total. The highest BCUT2D eigenvalue weighted by atomic mass is 16.1. The highest BCUT2D eigenvalue weighted by Crippen LogP contribution is 2.25. The standard InChI is InChI=1S/C15H10N6O/c16-9-10-5-1-2-6-11(10)18-20-14-13(19-21-15(14)22)12-7-3-4-8-17-12/h1-8H,(H2,19,21,22). The van der Waals surface area contributed by atoms with Crippen molar-refractivity contribution in [1.29, 1.82) is 5.26 Å². The van der Waals surface area contributed by atoms with E-state index in [0.717, 1.165) is 0 Å². The van der Waals surface area contributed by atoms with Crippen molar-refractivity contribution in [3.63, 3.8) is 0 Å². The van der Waals surface area contributed by atoms with Crippen molar-refractivity contribution in [3.8, 4) is 17.5 Å². The molecule has 0 unspecified atom stereocenters. The Hall–Kier alpha value is -3.53. The third kappa shape index (κ3) is 2.53. The van der Waals surface area contributed by atoms with E-state index in [2.05, 4.69) is 25.4 Å². The Morgan fingerprint density at radius 2 is 1.86 bits per heavy atom. The zero-order valence-electron chi connectivity index (χ0n) is 11.3. The summed E-state index contributed by atoms with van der Waals surface area (Å²) in [4.78, 5) is 16.0. The fraction of sp³-hybridized carbons (Fsp3) is 0. The van der Waals surface area contributed by atoms with Crippen LogP contribution in [0.4, 0.5) is 11.4 Å². The second-order valence-corrected chi connectivity index (χ2v) is 4.35. The van der Waals surface area contributed by atoms with E-state index in [4.69, 9.17) is 5.26 Å². The Bertz CT molecular complexity index is 917. The molecule has 1 aromatic carbocycles. The average molecular weight is 290 g/mol. The molecule has 0 fully saturated rings. The van der Waals surface area contributed by atoms with E-state index in [9.17, 15) is 4.79 Å². The van der Waals surface area contributed by atoms with E-state index in [1.807, 2.05) is 6.07 Å². The number of pyridine rings is 1. The van der Waals surface area contributed by atoms with E-state index in [1.54, 1.807) is 48.7 Å². The average Bonchev–Trinajstić information content (AvgIpc) is 2.95. The van der Waals surface area contributed by atoms with Crippen LogP contribution in [-0.2, 0) is 0 Å². The third-order valence-corrected chi connectivity index (χ3v) is 2.96. The molecule has 0 aliphatic heterocycles. The summed E-state index contributed by atoms with van der Waals surface area (Å²) in [5.41, 5.74) is 1.52. The van der Waals surface area contributed by atoms with Crippen LogP contribution in [0.2, 0.25) is 0 Å². The number of aromatic amines is 2. The Morgan fingerprint density at radius 3 is 2.64 bits per heavy atom. The Balaban J connectivity index is 2.04. The molecule has 0 amide bonds. The quantitative estimate of drug-likeness (QED) is 0.723. The topological polar surface area (TPSA) is 110 Å². The maximum absolute atomic E-state index is 11.9. The highest BCUT2D eigenvalue weighted by Gasteiger charge is 2.12. The lowest BCUT2D eigenvalue weighted by molar-refractivity contribution is 1.05. The number of rotatable bonds is 3. The SMILES string of the molecule is N#Cc1ccccc1N=Nc1c(-c2ccccn2)[nH][nH]c1=O. The second-order valence-electron chi connectivity index (χ2n) is 4.35. The van der Waals surface area contributed by atoms with E-state index >= 15 is 0 Å². The van der Waals surface area contributed by atoms with E-state index in [0.29, 0.717) is 22.6 Å². The van der Waals surface area contributed by atoms with Crippen LogP contribution in [0.5, 0.6) is 0 Å². The van der Waals surface area contributed by atoms with Crippen molar-refractivity contribution in [2.75, 3.05) is 0 Å². The van der Waals surface area contributed by atoms with Crippen molar-refractivity contribution in [1.82, 2.24) is 15.2 Å². The lowest BCUT2D eigenvalue weighted by Crippen LogP contribution is -1.96. The number of nitrogens with one attached hydrogen (secondary N) is 2. The van der Waals surface area contributed by atoms with Gasteiger partial charge in [0.15, 0.2) is 5.69 Å². The molecule has 0 saturated heterocycles. The number of nitriles is 1. The molecular formula is C15H10N6O. The van der Waals surface area contributed by atoms with E-state index < -0.39 is 5.56 Å². The lowest BCUT2D eigenvalue weighted by atomic mass is 10.2. The van der Waals surface area contributed by atoms with Gasteiger partial charge in [0.2, 0.25) is 0 Å². The highest BCUT2D eigenvalue weighted by molar-refractivity contribution is 5.68. The van der Waals surface area contributed by atoms with Crippen LogP contribution >= 0.6 is 0 Å². The summed E-state index contributed by atoms with van der Waals surface area (Å²) >= 11 is 0. The van der Waals surface area contributed by atoms with Crippen LogP contribution in [0.1, 0.15) is 5.56 Å². The number of nitrogens with zero attached hydrogens (tertiary/aromatic N) is 4. The summed E-state index contributed by atoms with van der Waals surface area (Å²) in [5.74, 6) is 0. The first-order valence-corrected chi connectivity index (χ1v) is 6.42. The molecule has 7 heteroatoms. The first-order valence-electron chi connectivity index (χ1n) is 6.42. The van der Waals surface area contributed by atoms with Crippen molar-refractivity contribution < 1.29 is 0 Å². The first kappa shape index (κ1) is 13.5. The van der Waals surface area contributed by atoms with Crippen molar-refractivity contribution in [2.45, 2.75) is 0 Å². The molecule has 3 rings (SSSR count). The normalized spacial score (nSPS) is 10.7. The van der Waals surface area contributed by atoms with Gasteiger partial charge in [-0.05, 0) is 24.3 Å². The van der Waals surface area contributed by atoms with E-state index in [-0.39, 0.29) is 5.69 Å². The maximum atomic E-state index is 11.9. The smallest absolute Gasteiger partial charge is 0.292 e. The maximum Gasteiger partial charge on any atom is 0.292 e. The summed E-state index contributed by atoms with van der Waals surface area (Å²) < 4.78 is 0. The Morgan fingerprint density at radius 1 is 1.05 bits per heavy atom. The molecule has 106 valence electrons. The van der Waals surface area contributed by atoms with Gasteiger partial charge in [-0.2, -0.15) is 5.26 Å². The fourth-order valence-corrected chi connectivity index (χ4v) is 1.90.